The summed E-state index contributed by atoms with van der Waals surface area (Å²) in [5.74, 6) is 1.15. The van der Waals surface area contributed by atoms with Gasteiger partial charge >= 0.3 is 0 Å². The Labute approximate surface area is 142 Å². The minimum atomic E-state index is -0.0356. The van der Waals surface area contributed by atoms with Crippen molar-refractivity contribution in [3.8, 4) is 0 Å². The lowest BCUT2D eigenvalue weighted by Gasteiger charge is -2.32. The summed E-state index contributed by atoms with van der Waals surface area (Å²) in [6.45, 7) is 1.31. The van der Waals surface area contributed by atoms with Gasteiger partial charge in [-0.05, 0) is 30.5 Å². The lowest BCUT2D eigenvalue weighted by Crippen LogP contribution is -2.42. The van der Waals surface area contributed by atoms with Crippen LogP contribution in [0.2, 0.25) is 0 Å². The highest BCUT2D eigenvalue weighted by Crippen LogP contribution is 2.20. The maximum absolute atomic E-state index is 12.5. The first-order valence-corrected chi connectivity index (χ1v) is 8.59. The van der Waals surface area contributed by atoms with E-state index in [0.29, 0.717) is 25.8 Å². The molecule has 4 nitrogen and oxygen atoms in total. The third-order valence-electron chi connectivity index (χ3n) is 4.62. The fraction of sp³-hybridized carbons (Fsp3) is 0.400. The maximum atomic E-state index is 12.5. The summed E-state index contributed by atoms with van der Waals surface area (Å²) in [4.78, 5) is 26.8. The second-order valence-corrected chi connectivity index (χ2v) is 6.39. The molecule has 24 heavy (non-hydrogen) atoms. The molecule has 126 valence electrons. The maximum Gasteiger partial charge on any atom is 0.223 e. The van der Waals surface area contributed by atoms with E-state index in [1.54, 1.807) is 6.26 Å². The predicted octanol–water partition coefficient (Wildman–Crippen LogP) is 3.26. The fourth-order valence-electron chi connectivity index (χ4n) is 3.25. The van der Waals surface area contributed by atoms with E-state index in [9.17, 15) is 9.59 Å². The zero-order chi connectivity index (χ0) is 16.8. The Balaban J connectivity index is 1.51. The molecule has 1 aromatic heterocycles. The van der Waals surface area contributed by atoms with Crippen LogP contribution in [-0.4, -0.2) is 29.7 Å². The van der Waals surface area contributed by atoms with Crippen molar-refractivity contribution in [3.05, 3.63) is 60.1 Å². The van der Waals surface area contributed by atoms with Gasteiger partial charge in [-0.15, -0.1) is 0 Å². The first kappa shape index (κ1) is 16.5. The summed E-state index contributed by atoms with van der Waals surface area (Å²) in [5.41, 5.74) is 1.05. The minimum absolute atomic E-state index is 0.0356. The van der Waals surface area contributed by atoms with Crippen LogP contribution in [0.3, 0.4) is 0 Å². The van der Waals surface area contributed by atoms with Crippen LogP contribution < -0.4 is 0 Å². The topological polar surface area (TPSA) is 50.5 Å². The van der Waals surface area contributed by atoms with Crippen LogP contribution in [0.25, 0.3) is 0 Å². The average Bonchev–Trinajstić information content (AvgIpc) is 3.14. The number of benzene rings is 1. The predicted molar refractivity (Wildman–Crippen MR) is 91.5 cm³/mol. The molecule has 0 spiro atoms. The summed E-state index contributed by atoms with van der Waals surface area (Å²) in [6.07, 6.45) is 4.92. The molecule has 2 heterocycles. The number of piperidine rings is 1. The Morgan fingerprint density at radius 3 is 2.71 bits per heavy atom. The number of likely N-dealkylation sites (tertiary alicyclic amines) is 1. The second-order valence-electron chi connectivity index (χ2n) is 6.39. The number of hydrogen-bond acceptors (Lipinski definition) is 3. The first-order chi connectivity index (χ1) is 11.7. The zero-order valence-electron chi connectivity index (χ0n) is 13.8. The van der Waals surface area contributed by atoms with Gasteiger partial charge in [-0.2, -0.15) is 0 Å². The van der Waals surface area contributed by atoms with Gasteiger partial charge in [-0.3, -0.25) is 9.59 Å². The summed E-state index contributed by atoms with van der Waals surface area (Å²) >= 11 is 0. The monoisotopic (exact) mass is 325 g/mol. The van der Waals surface area contributed by atoms with E-state index in [1.807, 2.05) is 47.4 Å². The van der Waals surface area contributed by atoms with Crippen LogP contribution >= 0.6 is 0 Å². The molecule has 0 saturated carbocycles. The van der Waals surface area contributed by atoms with Crippen molar-refractivity contribution in [2.75, 3.05) is 13.1 Å². The number of aryl methyl sites for hydroxylation is 1. The molecule has 0 bridgehead atoms. The Morgan fingerprint density at radius 2 is 1.96 bits per heavy atom. The lowest BCUT2D eigenvalue weighted by molar-refractivity contribution is -0.135. The second kappa shape index (κ2) is 7.95. The minimum Gasteiger partial charge on any atom is -0.469 e. The normalized spacial score (nSPS) is 17.7. The highest BCUT2D eigenvalue weighted by Gasteiger charge is 2.28. The van der Waals surface area contributed by atoms with Gasteiger partial charge in [0.1, 0.15) is 11.5 Å². The van der Waals surface area contributed by atoms with Crippen molar-refractivity contribution in [2.24, 2.45) is 5.92 Å². The van der Waals surface area contributed by atoms with Crippen molar-refractivity contribution >= 4 is 11.7 Å². The van der Waals surface area contributed by atoms with Crippen molar-refractivity contribution < 1.29 is 14.0 Å². The smallest absolute Gasteiger partial charge is 0.223 e. The van der Waals surface area contributed by atoms with Gasteiger partial charge in [-0.25, -0.2) is 0 Å². The molecule has 0 radical (unpaired) electrons. The molecule has 1 atom stereocenters. The van der Waals surface area contributed by atoms with E-state index in [4.69, 9.17) is 4.42 Å². The highest BCUT2D eigenvalue weighted by atomic mass is 16.3. The Morgan fingerprint density at radius 1 is 1.12 bits per heavy atom. The molecule has 1 fully saturated rings. The molecule has 4 heteroatoms. The summed E-state index contributed by atoms with van der Waals surface area (Å²) in [6, 6.07) is 13.5. The Bertz CT molecular complexity index is 663. The summed E-state index contributed by atoms with van der Waals surface area (Å²) in [7, 11) is 0. The number of carbonyl (C=O) groups excluding carboxylic acids is 2. The summed E-state index contributed by atoms with van der Waals surface area (Å²) < 4.78 is 5.27. The van der Waals surface area contributed by atoms with Crippen LogP contribution in [-0.2, 0) is 22.4 Å². The SMILES string of the molecule is O=C(Cc1ccccc1)[C@@H]1CCCN(C(=O)CCc2ccco2)C1. The molecule has 0 aliphatic carbocycles. The van der Waals surface area contributed by atoms with Gasteiger partial charge in [0.2, 0.25) is 5.91 Å². The fourth-order valence-corrected chi connectivity index (χ4v) is 3.25. The van der Waals surface area contributed by atoms with Crippen molar-refractivity contribution in [1.29, 1.82) is 0 Å². The molecule has 1 aliphatic heterocycles. The van der Waals surface area contributed by atoms with Gasteiger partial charge in [0.05, 0.1) is 6.26 Å². The van der Waals surface area contributed by atoms with Gasteiger partial charge in [0, 0.05) is 38.3 Å². The molecule has 1 saturated heterocycles. The van der Waals surface area contributed by atoms with Crippen LogP contribution in [0, 0.1) is 5.92 Å². The van der Waals surface area contributed by atoms with Crippen LogP contribution in [0.15, 0.2) is 53.1 Å². The van der Waals surface area contributed by atoms with Gasteiger partial charge < -0.3 is 9.32 Å². The Kier molecular flexibility index (Phi) is 5.47. The van der Waals surface area contributed by atoms with Crippen molar-refractivity contribution in [3.63, 3.8) is 0 Å². The van der Waals surface area contributed by atoms with E-state index in [1.165, 1.54) is 0 Å². The third kappa shape index (κ3) is 4.34. The van der Waals surface area contributed by atoms with Crippen LogP contribution in [0.1, 0.15) is 30.6 Å². The molecule has 3 rings (SSSR count). The molecule has 1 aliphatic rings. The lowest BCUT2D eigenvalue weighted by atomic mass is 9.90. The molecule has 1 aromatic carbocycles. The van der Waals surface area contributed by atoms with E-state index in [2.05, 4.69) is 0 Å². The number of nitrogens with zero attached hydrogens (tertiary/aromatic N) is 1. The molecule has 2 aromatic rings. The zero-order valence-corrected chi connectivity index (χ0v) is 13.8. The number of ketones is 1. The van der Waals surface area contributed by atoms with E-state index < -0.39 is 0 Å². The van der Waals surface area contributed by atoms with Gasteiger partial charge in [0.15, 0.2) is 0 Å². The van der Waals surface area contributed by atoms with Crippen LogP contribution in [0.4, 0.5) is 0 Å². The number of carbonyl (C=O) groups is 2. The number of amides is 1. The van der Waals surface area contributed by atoms with E-state index >= 15 is 0 Å². The molecule has 1 amide bonds. The molecule has 0 unspecified atom stereocenters. The van der Waals surface area contributed by atoms with Gasteiger partial charge in [0.25, 0.3) is 0 Å². The first-order valence-electron chi connectivity index (χ1n) is 8.59. The van der Waals surface area contributed by atoms with Crippen molar-refractivity contribution in [2.45, 2.75) is 32.1 Å². The molecular weight excluding hydrogens is 302 g/mol. The van der Waals surface area contributed by atoms with Gasteiger partial charge in [-0.1, -0.05) is 30.3 Å². The standard InChI is InChI=1S/C20H23NO3/c22-19(14-16-6-2-1-3-7-16)17-8-4-12-21(15-17)20(23)11-10-18-9-5-13-24-18/h1-3,5-7,9,13,17H,4,8,10-12,14-15H2/t17-/m1/s1. The quantitative estimate of drug-likeness (QED) is 0.819. The molecule has 0 N–H and O–H groups in total. The summed E-state index contributed by atoms with van der Waals surface area (Å²) in [5, 5.41) is 0. The Hall–Kier alpha value is -2.36. The number of Topliss-reactive ketones (excluding diaryl/α,β-unsaturated/α-hetero) is 1. The highest BCUT2D eigenvalue weighted by molar-refractivity contribution is 5.84. The van der Waals surface area contributed by atoms with E-state index in [-0.39, 0.29) is 17.6 Å². The van der Waals surface area contributed by atoms with Crippen LogP contribution in [0.5, 0.6) is 0 Å². The van der Waals surface area contributed by atoms with Crippen molar-refractivity contribution in [1.82, 2.24) is 4.90 Å². The molecular formula is C20H23NO3. The van der Waals surface area contributed by atoms with E-state index in [0.717, 1.165) is 30.7 Å². The number of furan rings is 1. The largest absolute Gasteiger partial charge is 0.469 e. The number of rotatable bonds is 6. The number of hydrogen-bond donors (Lipinski definition) is 0. The third-order valence-corrected chi connectivity index (χ3v) is 4.62. The average molecular weight is 325 g/mol.